The SMILES string of the molecule is O=C(Nc1cc2cn(C3CCCCC3)nc2cc1C1CC1)c1cccc(C(F)(F)F)n1. The quantitative estimate of drug-likeness (QED) is 0.547. The van der Waals surface area contributed by atoms with Crippen molar-refractivity contribution in [1.29, 1.82) is 0 Å². The Labute approximate surface area is 177 Å². The van der Waals surface area contributed by atoms with Gasteiger partial charge in [-0.1, -0.05) is 25.3 Å². The molecule has 162 valence electrons. The summed E-state index contributed by atoms with van der Waals surface area (Å²) in [5.41, 5.74) is 1.17. The number of nitrogens with zero attached hydrogens (tertiary/aromatic N) is 3. The number of anilines is 1. The summed E-state index contributed by atoms with van der Waals surface area (Å²) in [4.78, 5) is 16.2. The van der Waals surface area contributed by atoms with Crippen LogP contribution in [-0.2, 0) is 6.18 Å². The average Bonchev–Trinajstić information content (AvgIpc) is 3.52. The lowest BCUT2D eigenvalue weighted by atomic mass is 9.96. The van der Waals surface area contributed by atoms with Crippen molar-refractivity contribution in [3.8, 4) is 0 Å². The fraction of sp³-hybridized carbons (Fsp3) is 0.435. The minimum absolute atomic E-state index is 0.255. The van der Waals surface area contributed by atoms with Crippen LogP contribution >= 0.6 is 0 Å². The van der Waals surface area contributed by atoms with E-state index >= 15 is 0 Å². The first-order valence-electron chi connectivity index (χ1n) is 10.8. The maximum Gasteiger partial charge on any atom is 0.433 e. The van der Waals surface area contributed by atoms with E-state index in [2.05, 4.69) is 10.3 Å². The number of halogens is 3. The molecule has 5 nitrogen and oxygen atoms in total. The van der Waals surface area contributed by atoms with Crippen LogP contribution in [0.5, 0.6) is 0 Å². The molecule has 2 heterocycles. The molecule has 2 aliphatic carbocycles. The predicted octanol–water partition coefficient (Wildman–Crippen LogP) is 6.09. The third-order valence-electron chi connectivity index (χ3n) is 6.18. The Morgan fingerprint density at radius 2 is 1.84 bits per heavy atom. The van der Waals surface area contributed by atoms with Crippen LogP contribution in [-0.4, -0.2) is 20.7 Å². The zero-order valence-corrected chi connectivity index (χ0v) is 17.0. The Bertz CT molecular complexity index is 1130. The van der Waals surface area contributed by atoms with E-state index < -0.39 is 17.8 Å². The van der Waals surface area contributed by atoms with Gasteiger partial charge in [0.05, 0.1) is 11.6 Å². The fourth-order valence-corrected chi connectivity index (χ4v) is 4.39. The lowest BCUT2D eigenvalue weighted by Crippen LogP contribution is -2.17. The third kappa shape index (κ3) is 4.16. The summed E-state index contributed by atoms with van der Waals surface area (Å²) in [5, 5.41) is 8.51. The van der Waals surface area contributed by atoms with Crippen molar-refractivity contribution >= 4 is 22.5 Å². The van der Waals surface area contributed by atoms with E-state index in [1.165, 1.54) is 31.4 Å². The molecule has 1 N–H and O–H groups in total. The summed E-state index contributed by atoms with van der Waals surface area (Å²) >= 11 is 0. The van der Waals surface area contributed by atoms with Crippen LogP contribution < -0.4 is 5.32 Å². The van der Waals surface area contributed by atoms with Crippen molar-refractivity contribution in [2.24, 2.45) is 0 Å². The first kappa shape index (κ1) is 20.0. The molecular weight excluding hydrogens is 405 g/mol. The zero-order valence-electron chi connectivity index (χ0n) is 17.0. The smallest absolute Gasteiger partial charge is 0.320 e. The number of amides is 1. The van der Waals surface area contributed by atoms with E-state index in [4.69, 9.17) is 5.10 Å². The predicted molar refractivity (Wildman–Crippen MR) is 111 cm³/mol. The van der Waals surface area contributed by atoms with Gasteiger partial charge in [-0.2, -0.15) is 18.3 Å². The van der Waals surface area contributed by atoms with E-state index in [-0.39, 0.29) is 5.69 Å². The van der Waals surface area contributed by atoms with Crippen molar-refractivity contribution < 1.29 is 18.0 Å². The van der Waals surface area contributed by atoms with Crippen molar-refractivity contribution in [2.45, 2.75) is 63.1 Å². The molecule has 2 saturated carbocycles. The molecule has 31 heavy (non-hydrogen) atoms. The highest BCUT2D eigenvalue weighted by atomic mass is 19.4. The third-order valence-corrected chi connectivity index (χ3v) is 6.18. The molecule has 0 unspecified atom stereocenters. The van der Waals surface area contributed by atoms with Crippen molar-refractivity contribution in [3.05, 3.63) is 53.5 Å². The summed E-state index contributed by atoms with van der Waals surface area (Å²) in [6.45, 7) is 0. The van der Waals surface area contributed by atoms with Gasteiger partial charge in [-0.15, -0.1) is 0 Å². The second kappa shape index (κ2) is 7.66. The molecule has 0 spiro atoms. The van der Waals surface area contributed by atoms with Gasteiger partial charge in [0, 0.05) is 17.3 Å². The molecule has 2 aromatic heterocycles. The minimum atomic E-state index is -4.60. The molecule has 2 aliphatic rings. The summed E-state index contributed by atoms with van der Waals surface area (Å²) in [5.74, 6) is -0.305. The molecular formula is C23H23F3N4O. The molecule has 5 rings (SSSR count). The molecule has 3 aromatic rings. The first-order chi connectivity index (χ1) is 14.9. The van der Waals surface area contributed by atoms with Crippen LogP contribution in [0.3, 0.4) is 0 Å². The Kier molecular flexibility index (Phi) is 4.95. The Morgan fingerprint density at radius 3 is 2.55 bits per heavy atom. The van der Waals surface area contributed by atoms with Gasteiger partial charge in [0.1, 0.15) is 11.4 Å². The number of rotatable bonds is 4. The summed E-state index contributed by atoms with van der Waals surface area (Å²) in [7, 11) is 0. The van der Waals surface area contributed by atoms with Gasteiger partial charge in [0.2, 0.25) is 0 Å². The number of aromatic nitrogens is 3. The van der Waals surface area contributed by atoms with Gasteiger partial charge in [0.25, 0.3) is 5.91 Å². The molecule has 2 fully saturated rings. The molecule has 0 atom stereocenters. The highest BCUT2D eigenvalue weighted by Crippen LogP contribution is 2.45. The van der Waals surface area contributed by atoms with Gasteiger partial charge in [-0.25, -0.2) is 4.98 Å². The second-order valence-electron chi connectivity index (χ2n) is 8.53. The molecule has 0 aliphatic heterocycles. The van der Waals surface area contributed by atoms with Crippen LogP contribution in [0, 0.1) is 0 Å². The van der Waals surface area contributed by atoms with Crippen molar-refractivity contribution in [2.75, 3.05) is 5.32 Å². The minimum Gasteiger partial charge on any atom is -0.320 e. The monoisotopic (exact) mass is 428 g/mol. The van der Waals surface area contributed by atoms with Gasteiger partial charge < -0.3 is 5.32 Å². The number of fused-ring (bicyclic) bond motifs is 1. The Balaban J connectivity index is 1.46. The summed E-state index contributed by atoms with van der Waals surface area (Å²) < 4.78 is 40.9. The molecule has 8 heteroatoms. The van der Waals surface area contributed by atoms with E-state index in [0.29, 0.717) is 17.6 Å². The zero-order chi connectivity index (χ0) is 21.6. The van der Waals surface area contributed by atoms with E-state index in [0.717, 1.165) is 48.2 Å². The van der Waals surface area contributed by atoms with Gasteiger partial charge in [-0.3, -0.25) is 9.48 Å². The van der Waals surface area contributed by atoms with Crippen molar-refractivity contribution in [3.63, 3.8) is 0 Å². The van der Waals surface area contributed by atoms with Gasteiger partial charge in [-0.05, 0) is 61.4 Å². The summed E-state index contributed by atoms with van der Waals surface area (Å²) in [6.07, 6.45) is 5.39. The van der Waals surface area contributed by atoms with Crippen LogP contribution in [0.1, 0.15) is 78.7 Å². The maximum absolute atomic E-state index is 13.0. The number of carbonyl (C=O) groups excluding carboxylic acids is 1. The van der Waals surface area contributed by atoms with E-state index in [1.54, 1.807) is 0 Å². The van der Waals surface area contributed by atoms with Crippen LogP contribution in [0.4, 0.5) is 18.9 Å². The lowest BCUT2D eigenvalue weighted by Gasteiger charge is -2.21. The first-order valence-corrected chi connectivity index (χ1v) is 10.8. The topological polar surface area (TPSA) is 59.8 Å². The van der Waals surface area contributed by atoms with Crippen molar-refractivity contribution in [1.82, 2.24) is 14.8 Å². The van der Waals surface area contributed by atoms with Gasteiger partial charge >= 0.3 is 6.18 Å². The van der Waals surface area contributed by atoms with Crippen LogP contribution in [0.25, 0.3) is 10.9 Å². The van der Waals surface area contributed by atoms with Crippen LogP contribution in [0.15, 0.2) is 36.5 Å². The Morgan fingerprint density at radius 1 is 1.06 bits per heavy atom. The molecule has 0 radical (unpaired) electrons. The van der Waals surface area contributed by atoms with Gasteiger partial charge in [0.15, 0.2) is 0 Å². The average molecular weight is 428 g/mol. The standard InChI is InChI=1S/C23H23F3N4O/c24-23(25,26)21-8-4-7-18(27-21)22(31)28-20-11-15-13-30(16-5-2-1-3-6-16)29-19(15)12-17(20)14-9-10-14/h4,7-8,11-14,16H,1-3,5-6,9-10H2,(H,28,31). The molecule has 1 aromatic carbocycles. The molecule has 0 saturated heterocycles. The van der Waals surface area contributed by atoms with E-state index in [9.17, 15) is 18.0 Å². The summed E-state index contributed by atoms with van der Waals surface area (Å²) in [6, 6.07) is 7.66. The number of hydrogen-bond acceptors (Lipinski definition) is 3. The number of carbonyl (C=O) groups is 1. The number of nitrogens with one attached hydrogen (secondary N) is 1. The van der Waals surface area contributed by atoms with Crippen LogP contribution in [0.2, 0.25) is 0 Å². The largest absolute Gasteiger partial charge is 0.433 e. The number of hydrogen-bond donors (Lipinski definition) is 1. The molecule has 1 amide bonds. The highest BCUT2D eigenvalue weighted by molar-refractivity contribution is 6.04. The second-order valence-corrected chi connectivity index (χ2v) is 8.53. The number of pyridine rings is 1. The Hall–Kier alpha value is -2.90. The maximum atomic E-state index is 13.0. The molecule has 0 bridgehead atoms. The number of benzene rings is 1. The lowest BCUT2D eigenvalue weighted by molar-refractivity contribution is -0.141. The fourth-order valence-electron chi connectivity index (χ4n) is 4.39. The highest BCUT2D eigenvalue weighted by Gasteiger charge is 2.33. The normalized spacial score (nSPS) is 17.8. The van der Waals surface area contributed by atoms with E-state index in [1.807, 2.05) is 23.0 Å². The number of alkyl halides is 3.